The summed E-state index contributed by atoms with van der Waals surface area (Å²) in [4.78, 5) is 7.60. The van der Waals surface area contributed by atoms with Crippen molar-refractivity contribution in [3.05, 3.63) is 194 Å². The van der Waals surface area contributed by atoms with Crippen LogP contribution in [0.1, 0.15) is 0 Å². The predicted molar refractivity (Wildman–Crippen MR) is 254 cm³/mol. The van der Waals surface area contributed by atoms with E-state index in [-0.39, 0.29) is 0 Å². The number of hydrogen-bond acceptors (Lipinski definition) is 5. The molecule has 0 amide bonds. The van der Waals surface area contributed by atoms with E-state index in [1.54, 1.807) is 11.3 Å². The molecule has 0 saturated heterocycles. The lowest BCUT2D eigenvalue weighted by atomic mass is 9.98. The summed E-state index contributed by atoms with van der Waals surface area (Å²) in [5.74, 6) is 0. The van der Waals surface area contributed by atoms with Gasteiger partial charge in [-0.3, -0.25) is 0 Å². The number of anilines is 3. The second-order valence-corrected chi connectivity index (χ2v) is 17.9. The van der Waals surface area contributed by atoms with Crippen LogP contribution in [-0.2, 0) is 0 Å². The van der Waals surface area contributed by atoms with E-state index in [1.807, 2.05) is 22.7 Å². The molecular weight excluding hydrogens is 761 g/mol. The predicted octanol–water partition coefficient (Wildman–Crippen LogP) is 16.7. The molecule has 58 heavy (non-hydrogen) atoms. The van der Waals surface area contributed by atoms with Crippen LogP contribution >= 0.6 is 34.0 Å². The van der Waals surface area contributed by atoms with Gasteiger partial charge in [0.25, 0.3) is 0 Å². The van der Waals surface area contributed by atoms with Gasteiger partial charge in [0.2, 0.25) is 0 Å². The van der Waals surface area contributed by atoms with Crippen LogP contribution in [0.25, 0.3) is 94.2 Å². The van der Waals surface area contributed by atoms with E-state index in [1.165, 1.54) is 89.3 Å². The highest BCUT2D eigenvalue weighted by atomic mass is 32.1. The zero-order valence-corrected chi connectivity index (χ0v) is 33.5. The number of thiazole rings is 1. The molecule has 2 nitrogen and oxygen atoms in total. The number of rotatable bonds is 6. The molecule has 0 atom stereocenters. The monoisotopic (exact) mass is 792 g/mol. The van der Waals surface area contributed by atoms with Gasteiger partial charge in [-0.05, 0) is 93.7 Å². The van der Waals surface area contributed by atoms with Crippen molar-refractivity contribution in [2.75, 3.05) is 4.90 Å². The first-order valence-electron chi connectivity index (χ1n) is 19.4. The standard InChI is InChI=1S/C53H32N2S3/c1-2-11-36(12-3-1)53-54-52-48(58-53)31-30-47-51(52)43-29-24-37(32-49(43)57-47)33-20-25-38(26-21-33)55(44-17-9-19-46-50(44)42-15-6-7-18-45(42)56-46)39-27-22-35(23-28-39)41-16-8-13-34-10-4-5-14-40(34)41/h1-32H. The Balaban J connectivity index is 0.954. The van der Waals surface area contributed by atoms with Gasteiger partial charge in [-0.15, -0.1) is 34.0 Å². The summed E-state index contributed by atoms with van der Waals surface area (Å²) < 4.78 is 6.37. The Morgan fingerprint density at radius 1 is 0.362 bits per heavy atom. The van der Waals surface area contributed by atoms with E-state index in [0.717, 1.165) is 21.9 Å². The molecule has 0 spiro atoms. The molecule has 0 fully saturated rings. The van der Waals surface area contributed by atoms with Gasteiger partial charge in [-0.25, -0.2) is 4.98 Å². The molecule has 12 rings (SSSR count). The lowest BCUT2D eigenvalue weighted by Crippen LogP contribution is -2.10. The molecule has 5 heteroatoms. The molecular formula is C53H32N2S3. The zero-order chi connectivity index (χ0) is 38.2. The summed E-state index contributed by atoms with van der Waals surface area (Å²) in [6.07, 6.45) is 0. The fourth-order valence-electron chi connectivity index (χ4n) is 8.58. The molecule has 3 heterocycles. The number of benzene rings is 9. The number of nitrogens with zero attached hydrogens (tertiary/aromatic N) is 2. The Morgan fingerprint density at radius 2 is 0.983 bits per heavy atom. The van der Waals surface area contributed by atoms with Crippen molar-refractivity contribution in [1.82, 2.24) is 4.98 Å². The second-order valence-electron chi connectivity index (χ2n) is 14.7. The third-order valence-electron chi connectivity index (χ3n) is 11.3. The first-order valence-corrected chi connectivity index (χ1v) is 21.9. The largest absolute Gasteiger partial charge is 0.310 e. The number of thiophene rings is 2. The van der Waals surface area contributed by atoms with Gasteiger partial charge < -0.3 is 4.90 Å². The van der Waals surface area contributed by atoms with Crippen LogP contribution in [0, 0.1) is 0 Å². The van der Waals surface area contributed by atoms with Crippen molar-refractivity contribution in [3.8, 4) is 32.8 Å². The van der Waals surface area contributed by atoms with E-state index in [2.05, 4.69) is 199 Å². The molecule has 3 aromatic heterocycles. The van der Waals surface area contributed by atoms with Gasteiger partial charge in [-0.1, -0.05) is 133 Å². The van der Waals surface area contributed by atoms with Crippen molar-refractivity contribution >= 4 is 112 Å². The van der Waals surface area contributed by atoms with Gasteiger partial charge in [0, 0.05) is 57.3 Å². The molecule has 12 aromatic rings. The summed E-state index contributed by atoms with van der Waals surface area (Å²) in [5, 5.41) is 8.68. The minimum atomic E-state index is 1.07. The van der Waals surface area contributed by atoms with Gasteiger partial charge in [0.1, 0.15) is 5.01 Å². The fraction of sp³-hybridized carbons (Fsp3) is 0. The molecule has 0 unspecified atom stereocenters. The smallest absolute Gasteiger partial charge is 0.124 e. The van der Waals surface area contributed by atoms with Crippen molar-refractivity contribution in [1.29, 1.82) is 0 Å². The van der Waals surface area contributed by atoms with Crippen LogP contribution in [-0.4, -0.2) is 4.98 Å². The Labute approximate surface area is 347 Å². The summed E-state index contributed by atoms with van der Waals surface area (Å²) in [6.45, 7) is 0. The van der Waals surface area contributed by atoms with E-state index >= 15 is 0 Å². The van der Waals surface area contributed by atoms with E-state index in [0.29, 0.717) is 0 Å². The van der Waals surface area contributed by atoms with Crippen molar-refractivity contribution < 1.29 is 0 Å². The van der Waals surface area contributed by atoms with Gasteiger partial charge in [0.15, 0.2) is 0 Å². The molecule has 0 saturated carbocycles. The van der Waals surface area contributed by atoms with Crippen molar-refractivity contribution in [2.24, 2.45) is 0 Å². The highest BCUT2D eigenvalue weighted by Gasteiger charge is 2.20. The van der Waals surface area contributed by atoms with Crippen LogP contribution in [0.4, 0.5) is 17.1 Å². The highest BCUT2D eigenvalue weighted by Crippen LogP contribution is 2.46. The van der Waals surface area contributed by atoms with E-state index in [4.69, 9.17) is 4.98 Å². The number of hydrogen-bond donors (Lipinski definition) is 0. The lowest BCUT2D eigenvalue weighted by Gasteiger charge is -2.27. The van der Waals surface area contributed by atoms with Crippen LogP contribution in [0.2, 0.25) is 0 Å². The molecule has 0 aliphatic heterocycles. The maximum Gasteiger partial charge on any atom is 0.124 e. The molecule has 0 N–H and O–H groups in total. The second kappa shape index (κ2) is 13.5. The van der Waals surface area contributed by atoms with Crippen LogP contribution in [0.5, 0.6) is 0 Å². The van der Waals surface area contributed by atoms with Gasteiger partial charge >= 0.3 is 0 Å². The summed E-state index contributed by atoms with van der Waals surface area (Å²) >= 11 is 5.48. The molecule has 9 aromatic carbocycles. The first kappa shape index (κ1) is 33.5. The van der Waals surface area contributed by atoms with Crippen molar-refractivity contribution in [2.45, 2.75) is 0 Å². The summed E-state index contributed by atoms with van der Waals surface area (Å²) in [7, 11) is 0. The zero-order valence-electron chi connectivity index (χ0n) is 31.1. The first-order chi connectivity index (χ1) is 28.7. The van der Waals surface area contributed by atoms with Crippen molar-refractivity contribution in [3.63, 3.8) is 0 Å². The quantitative estimate of drug-likeness (QED) is 0.167. The third-order valence-corrected chi connectivity index (χ3v) is 14.6. The highest BCUT2D eigenvalue weighted by molar-refractivity contribution is 7.27. The van der Waals surface area contributed by atoms with E-state index in [9.17, 15) is 0 Å². The Bertz CT molecular complexity index is 3500. The summed E-state index contributed by atoms with van der Waals surface area (Å²) in [6, 6.07) is 70.8. The summed E-state index contributed by atoms with van der Waals surface area (Å²) in [5.41, 5.74) is 10.5. The Hall–Kier alpha value is -6.63. The number of aromatic nitrogens is 1. The maximum absolute atomic E-state index is 5.18. The average Bonchev–Trinajstić information content (AvgIpc) is 4.01. The SMILES string of the molecule is c1ccc(-c2nc3c(ccc4sc5cc(-c6ccc(N(c7ccc(-c8cccc9ccccc89)cc7)c7cccc8sc9ccccc9c78)cc6)ccc5c43)s2)cc1. The molecule has 272 valence electrons. The number of fused-ring (bicyclic) bond motifs is 9. The minimum Gasteiger partial charge on any atom is -0.310 e. The van der Waals surface area contributed by atoms with Gasteiger partial charge in [-0.2, -0.15) is 0 Å². The molecule has 0 bridgehead atoms. The maximum atomic E-state index is 5.18. The third kappa shape index (κ3) is 5.47. The lowest BCUT2D eigenvalue weighted by molar-refractivity contribution is 1.30. The topological polar surface area (TPSA) is 16.1 Å². The van der Waals surface area contributed by atoms with E-state index < -0.39 is 0 Å². The Kier molecular flexibility index (Phi) is 7.80. The molecule has 0 aliphatic rings. The Morgan fingerprint density at radius 3 is 1.83 bits per heavy atom. The van der Waals surface area contributed by atoms with Crippen LogP contribution < -0.4 is 4.90 Å². The average molecular weight is 793 g/mol. The molecule has 0 aliphatic carbocycles. The minimum absolute atomic E-state index is 1.07. The normalized spacial score (nSPS) is 11.8. The van der Waals surface area contributed by atoms with Gasteiger partial charge in [0.05, 0.1) is 15.9 Å². The molecule has 0 radical (unpaired) electrons. The van der Waals surface area contributed by atoms with Crippen LogP contribution in [0.3, 0.4) is 0 Å². The fourth-order valence-corrected chi connectivity index (χ4v) is 11.8. The van der Waals surface area contributed by atoms with Crippen LogP contribution in [0.15, 0.2) is 194 Å².